The van der Waals surface area contributed by atoms with Crippen molar-refractivity contribution in [2.75, 3.05) is 13.7 Å². The third kappa shape index (κ3) is 6.82. The van der Waals surface area contributed by atoms with Crippen molar-refractivity contribution >= 4 is 5.97 Å². The number of esters is 1. The zero-order valence-corrected chi connectivity index (χ0v) is 11.7. The fourth-order valence-corrected chi connectivity index (χ4v) is 1.83. The van der Waals surface area contributed by atoms with Crippen LogP contribution in [0.5, 0.6) is 5.75 Å². The van der Waals surface area contributed by atoms with Gasteiger partial charge in [0.05, 0.1) is 7.11 Å². The predicted octanol–water partition coefficient (Wildman–Crippen LogP) is 2.26. The number of phenols is 1. The summed E-state index contributed by atoms with van der Waals surface area (Å²) in [5.41, 5.74) is 1.22. The van der Waals surface area contributed by atoms with Crippen LogP contribution in [0, 0.1) is 0 Å². The molecule has 4 nitrogen and oxygen atoms in total. The van der Waals surface area contributed by atoms with E-state index in [1.54, 1.807) is 12.1 Å². The van der Waals surface area contributed by atoms with E-state index in [-0.39, 0.29) is 5.97 Å². The zero-order chi connectivity index (χ0) is 14.1. The van der Waals surface area contributed by atoms with E-state index in [0.717, 1.165) is 25.8 Å². The number of aromatic hydroxyl groups is 1. The molecule has 0 fully saturated rings. The number of hydrogen-bond acceptors (Lipinski definition) is 4. The van der Waals surface area contributed by atoms with Crippen molar-refractivity contribution in [2.45, 2.75) is 38.6 Å². The second kappa shape index (κ2) is 8.53. The Morgan fingerprint density at radius 2 is 2.05 bits per heavy atom. The Balaban J connectivity index is 2.12. The average molecular weight is 265 g/mol. The lowest BCUT2D eigenvalue weighted by Crippen LogP contribution is -2.27. The maximum Gasteiger partial charge on any atom is 0.305 e. The van der Waals surface area contributed by atoms with Crippen LogP contribution in [-0.4, -0.2) is 30.8 Å². The van der Waals surface area contributed by atoms with Gasteiger partial charge in [0.1, 0.15) is 5.75 Å². The molecule has 4 heteroatoms. The molecule has 0 saturated carbocycles. The van der Waals surface area contributed by atoms with Gasteiger partial charge in [-0.1, -0.05) is 12.1 Å². The van der Waals surface area contributed by atoms with E-state index in [9.17, 15) is 9.90 Å². The van der Waals surface area contributed by atoms with Gasteiger partial charge in [0.25, 0.3) is 0 Å². The minimum Gasteiger partial charge on any atom is -0.508 e. The molecule has 19 heavy (non-hydrogen) atoms. The monoisotopic (exact) mass is 265 g/mol. The van der Waals surface area contributed by atoms with Crippen LogP contribution in [0.3, 0.4) is 0 Å². The van der Waals surface area contributed by atoms with Gasteiger partial charge < -0.3 is 15.2 Å². The minimum atomic E-state index is -0.154. The maximum atomic E-state index is 10.9. The van der Waals surface area contributed by atoms with Gasteiger partial charge in [0.2, 0.25) is 0 Å². The Hall–Kier alpha value is -1.55. The number of hydrogen-bond donors (Lipinski definition) is 2. The smallest absolute Gasteiger partial charge is 0.305 e. The molecule has 0 aliphatic rings. The molecule has 2 N–H and O–H groups in total. The highest BCUT2D eigenvalue weighted by molar-refractivity contribution is 5.69. The summed E-state index contributed by atoms with van der Waals surface area (Å²) in [6.07, 6.45) is 3.28. The lowest BCUT2D eigenvalue weighted by Gasteiger charge is -2.13. The topological polar surface area (TPSA) is 58.6 Å². The third-order valence-electron chi connectivity index (χ3n) is 3.08. The Morgan fingerprint density at radius 3 is 2.68 bits per heavy atom. The molecule has 0 amide bonds. The lowest BCUT2D eigenvalue weighted by molar-refractivity contribution is -0.140. The van der Waals surface area contributed by atoms with Crippen molar-refractivity contribution in [1.29, 1.82) is 0 Å². The van der Waals surface area contributed by atoms with Crippen molar-refractivity contribution in [1.82, 2.24) is 5.32 Å². The average Bonchev–Trinajstić information content (AvgIpc) is 2.42. The summed E-state index contributed by atoms with van der Waals surface area (Å²) in [4.78, 5) is 10.9. The van der Waals surface area contributed by atoms with E-state index in [2.05, 4.69) is 17.0 Å². The van der Waals surface area contributed by atoms with Crippen LogP contribution in [0.25, 0.3) is 0 Å². The lowest BCUT2D eigenvalue weighted by atomic mass is 10.1. The number of nitrogens with one attached hydrogen (secondary N) is 1. The molecule has 1 aromatic rings. The number of carbonyl (C=O) groups excluding carboxylic acids is 1. The second-order valence-electron chi connectivity index (χ2n) is 4.74. The van der Waals surface area contributed by atoms with Crippen molar-refractivity contribution in [3.8, 4) is 5.75 Å². The van der Waals surface area contributed by atoms with Crippen LogP contribution < -0.4 is 5.32 Å². The second-order valence-corrected chi connectivity index (χ2v) is 4.74. The molecule has 0 radical (unpaired) electrons. The summed E-state index contributed by atoms with van der Waals surface area (Å²) < 4.78 is 4.59. The molecule has 0 spiro atoms. The van der Waals surface area contributed by atoms with Crippen molar-refractivity contribution in [3.63, 3.8) is 0 Å². The maximum absolute atomic E-state index is 10.9. The van der Waals surface area contributed by atoms with E-state index in [1.807, 2.05) is 12.1 Å². The zero-order valence-electron chi connectivity index (χ0n) is 11.7. The Morgan fingerprint density at radius 1 is 1.37 bits per heavy atom. The number of rotatable bonds is 8. The van der Waals surface area contributed by atoms with Crippen molar-refractivity contribution in [2.24, 2.45) is 0 Å². The van der Waals surface area contributed by atoms with E-state index < -0.39 is 0 Å². The van der Waals surface area contributed by atoms with E-state index in [4.69, 9.17) is 0 Å². The van der Waals surface area contributed by atoms with Gasteiger partial charge >= 0.3 is 5.97 Å². The quantitative estimate of drug-likeness (QED) is 0.559. The molecule has 0 aliphatic carbocycles. The molecule has 0 aromatic heterocycles. The fourth-order valence-electron chi connectivity index (χ4n) is 1.83. The van der Waals surface area contributed by atoms with Crippen LogP contribution >= 0.6 is 0 Å². The Labute approximate surface area is 114 Å². The number of benzene rings is 1. The highest BCUT2D eigenvalue weighted by atomic mass is 16.5. The first-order chi connectivity index (χ1) is 9.11. The summed E-state index contributed by atoms with van der Waals surface area (Å²) in [6.45, 7) is 2.96. The molecule has 1 aromatic carbocycles. The molecule has 0 heterocycles. The summed E-state index contributed by atoms with van der Waals surface area (Å²) in [7, 11) is 1.41. The molecule has 0 bridgehead atoms. The normalized spacial score (nSPS) is 12.1. The molecular formula is C15H23NO3. The molecular weight excluding hydrogens is 242 g/mol. The van der Waals surface area contributed by atoms with Crippen molar-refractivity contribution in [3.05, 3.63) is 29.8 Å². The first-order valence-electron chi connectivity index (χ1n) is 6.70. The number of aryl methyl sites for hydroxylation is 1. The van der Waals surface area contributed by atoms with Crippen LogP contribution in [0.1, 0.15) is 31.7 Å². The third-order valence-corrected chi connectivity index (χ3v) is 3.08. The van der Waals surface area contributed by atoms with E-state index in [1.165, 1.54) is 12.7 Å². The molecule has 1 unspecified atom stereocenters. The number of carbonyl (C=O) groups is 1. The summed E-state index contributed by atoms with van der Waals surface area (Å²) in [6, 6.07) is 7.72. The SMILES string of the molecule is COC(=O)CCCNC(C)CCc1ccc(O)cc1. The highest BCUT2D eigenvalue weighted by Gasteiger charge is 2.04. The van der Waals surface area contributed by atoms with Gasteiger partial charge in [0, 0.05) is 12.5 Å². The molecule has 0 aliphatic heterocycles. The first kappa shape index (κ1) is 15.5. The molecule has 1 rings (SSSR count). The minimum absolute atomic E-state index is 0.154. The Kier molecular flexibility index (Phi) is 6.97. The summed E-state index contributed by atoms with van der Waals surface area (Å²) in [5, 5.41) is 12.6. The van der Waals surface area contributed by atoms with Crippen LogP contribution in [0.4, 0.5) is 0 Å². The van der Waals surface area contributed by atoms with Crippen LogP contribution in [0.2, 0.25) is 0 Å². The van der Waals surface area contributed by atoms with Gasteiger partial charge in [0.15, 0.2) is 0 Å². The number of phenolic OH excluding ortho intramolecular Hbond substituents is 1. The van der Waals surface area contributed by atoms with Crippen molar-refractivity contribution < 1.29 is 14.6 Å². The highest BCUT2D eigenvalue weighted by Crippen LogP contribution is 2.11. The van der Waals surface area contributed by atoms with Gasteiger partial charge in [-0.15, -0.1) is 0 Å². The van der Waals surface area contributed by atoms with Gasteiger partial charge in [-0.05, 0) is 50.4 Å². The molecule has 0 saturated heterocycles. The standard InChI is InChI=1S/C15H23NO3/c1-12(16-11-3-4-15(18)19-2)5-6-13-7-9-14(17)10-8-13/h7-10,12,16-17H,3-6,11H2,1-2H3. The predicted molar refractivity (Wildman–Crippen MR) is 75.1 cm³/mol. The molecule has 1 atom stereocenters. The summed E-state index contributed by atoms with van der Waals surface area (Å²) >= 11 is 0. The van der Waals surface area contributed by atoms with Crippen LogP contribution in [0.15, 0.2) is 24.3 Å². The largest absolute Gasteiger partial charge is 0.508 e. The first-order valence-corrected chi connectivity index (χ1v) is 6.70. The fraction of sp³-hybridized carbons (Fsp3) is 0.533. The molecule has 106 valence electrons. The summed E-state index contributed by atoms with van der Waals surface area (Å²) in [5.74, 6) is 0.149. The van der Waals surface area contributed by atoms with E-state index in [0.29, 0.717) is 18.2 Å². The van der Waals surface area contributed by atoms with Gasteiger partial charge in [-0.2, -0.15) is 0 Å². The van der Waals surface area contributed by atoms with E-state index >= 15 is 0 Å². The van der Waals surface area contributed by atoms with Gasteiger partial charge in [-0.3, -0.25) is 4.79 Å². The van der Waals surface area contributed by atoms with Gasteiger partial charge in [-0.25, -0.2) is 0 Å². The number of methoxy groups -OCH3 is 1. The Bertz CT molecular complexity index is 375. The van der Waals surface area contributed by atoms with Crippen LogP contribution in [-0.2, 0) is 16.0 Å². The number of ether oxygens (including phenoxy) is 1.